The molecule has 2 aliphatic rings. The van der Waals surface area contributed by atoms with Gasteiger partial charge in [0.15, 0.2) is 5.69 Å². The van der Waals surface area contributed by atoms with Crippen LogP contribution in [-0.2, 0) is 0 Å². The largest absolute Gasteiger partial charge is 0.395 e. The van der Waals surface area contributed by atoms with Crippen LogP contribution in [0, 0.1) is 5.92 Å². The topological polar surface area (TPSA) is 87.0 Å². The second-order valence-corrected chi connectivity index (χ2v) is 6.47. The van der Waals surface area contributed by atoms with Crippen molar-refractivity contribution in [2.24, 2.45) is 5.92 Å². The number of anilines is 1. The van der Waals surface area contributed by atoms with Gasteiger partial charge in [-0.05, 0) is 58.2 Å². The lowest BCUT2D eigenvalue weighted by molar-refractivity contribution is 0.0945. The number of amides is 1. The van der Waals surface area contributed by atoms with E-state index in [1.54, 1.807) is 0 Å². The van der Waals surface area contributed by atoms with Crippen LogP contribution in [0.5, 0.6) is 0 Å². The van der Waals surface area contributed by atoms with Gasteiger partial charge in [0.2, 0.25) is 0 Å². The van der Waals surface area contributed by atoms with E-state index in [4.69, 9.17) is 5.73 Å². The Morgan fingerprint density at radius 3 is 2.76 bits per heavy atom. The van der Waals surface area contributed by atoms with Gasteiger partial charge in [-0.25, -0.2) is 0 Å². The average molecular weight is 291 g/mol. The second-order valence-electron chi connectivity index (χ2n) is 6.47. The molecule has 21 heavy (non-hydrogen) atoms. The fourth-order valence-corrected chi connectivity index (χ4v) is 3.04. The van der Waals surface area contributed by atoms with Crippen LogP contribution in [0.1, 0.15) is 54.2 Å². The summed E-state index contributed by atoms with van der Waals surface area (Å²) >= 11 is 0. The fraction of sp³-hybridized carbons (Fsp3) is 0.733. The van der Waals surface area contributed by atoms with E-state index < -0.39 is 0 Å². The second kappa shape index (κ2) is 6.05. The third kappa shape index (κ3) is 3.37. The summed E-state index contributed by atoms with van der Waals surface area (Å²) in [4.78, 5) is 14.5. The quantitative estimate of drug-likeness (QED) is 0.764. The Balaban J connectivity index is 1.46. The van der Waals surface area contributed by atoms with Gasteiger partial charge in [-0.1, -0.05) is 0 Å². The minimum absolute atomic E-state index is 0.149. The van der Waals surface area contributed by atoms with Crippen molar-refractivity contribution < 1.29 is 4.79 Å². The number of nitrogens with one attached hydrogen (secondary N) is 2. The molecule has 2 fully saturated rings. The highest BCUT2D eigenvalue weighted by Gasteiger charge is 2.30. The summed E-state index contributed by atoms with van der Waals surface area (Å²) in [5.74, 6) is 1.06. The number of nitrogens with two attached hydrogens (primary N) is 1. The van der Waals surface area contributed by atoms with Crippen LogP contribution < -0.4 is 11.1 Å². The normalized spacial score (nSPS) is 20.6. The van der Waals surface area contributed by atoms with Crippen LogP contribution in [0.25, 0.3) is 0 Å². The highest BCUT2D eigenvalue weighted by molar-refractivity contribution is 5.97. The molecule has 0 atom stereocenters. The maximum Gasteiger partial charge on any atom is 0.273 e. The van der Waals surface area contributed by atoms with Crippen molar-refractivity contribution in [3.63, 3.8) is 0 Å². The Morgan fingerprint density at radius 2 is 2.10 bits per heavy atom. The van der Waals surface area contributed by atoms with E-state index >= 15 is 0 Å². The molecule has 1 saturated carbocycles. The molecule has 1 amide bonds. The van der Waals surface area contributed by atoms with Crippen molar-refractivity contribution in [2.45, 2.75) is 38.0 Å². The summed E-state index contributed by atoms with van der Waals surface area (Å²) in [6, 6.07) is 0. The van der Waals surface area contributed by atoms with Crippen LogP contribution in [0.3, 0.4) is 0 Å². The number of nitrogens with zero attached hydrogens (tertiary/aromatic N) is 2. The summed E-state index contributed by atoms with van der Waals surface area (Å²) in [5, 5.41) is 9.96. The summed E-state index contributed by atoms with van der Waals surface area (Å²) in [7, 11) is 2.16. The van der Waals surface area contributed by atoms with Crippen molar-refractivity contribution in [1.82, 2.24) is 20.4 Å². The van der Waals surface area contributed by atoms with E-state index in [2.05, 4.69) is 27.5 Å². The molecule has 2 heterocycles. The highest BCUT2D eigenvalue weighted by atomic mass is 16.1. The molecule has 0 spiro atoms. The number of hydrogen-bond acceptors (Lipinski definition) is 4. The molecular weight excluding hydrogens is 266 g/mol. The number of carbonyl (C=O) groups excluding carboxylic acids is 1. The van der Waals surface area contributed by atoms with Gasteiger partial charge >= 0.3 is 0 Å². The molecule has 1 aromatic heterocycles. The van der Waals surface area contributed by atoms with E-state index in [1.807, 2.05) is 0 Å². The first-order chi connectivity index (χ1) is 10.1. The van der Waals surface area contributed by atoms with Gasteiger partial charge < -0.3 is 16.0 Å². The number of hydrogen-bond donors (Lipinski definition) is 3. The van der Waals surface area contributed by atoms with E-state index in [0.29, 0.717) is 23.8 Å². The lowest BCUT2D eigenvalue weighted by atomic mass is 9.94. The molecule has 0 radical (unpaired) electrons. The number of aromatic nitrogens is 2. The molecule has 0 bridgehead atoms. The summed E-state index contributed by atoms with van der Waals surface area (Å²) in [6.45, 7) is 3.03. The van der Waals surface area contributed by atoms with Crippen LogP contribution in [-0.4, -0.2) is 47.7 Å². The monoisotopic (exact) mass is 291 g/mol. The Morgan fingerprint density at radius 1 is 1.38 bits per heavy atom. The number of rotatable bonds is 5. The Labute approximate surface area is 125 Å². The molecule has 116 valence electrons. The smallest absolute Gasteiger partial charge is 0.273 e. The summed E-state index contributed by atoms with van der Waals surface area (Å²) < 4.78 is 0. The third-order valence-electron chi connectivity index (χ3n) is 4.71. The standard InChI is InChI=1S/C15H25N5O/c1-20-8-5-10(6-9-20)4-7-17-15(21)14-12(16)13(18-19-14)11-2-3-11/h10-11H,2-9,16H2,1H3,(H,17,21)(H,18,19). The fourth-order valence-electron chi connectivity index (χ4n) is 3.04. The van der Waals surface area contributed by atoms with Crippen molar-refractivity contribution in [2.75, 3.05) is 32.4 Å². The van der Waals surface area contributed by atoms with E-state index in [-0.39, 0.29) is 5.91 Å². The first-order valence-electron chi connectivity index (χ1n) is 7.95. The lowest BCUT2D eigenvalue weighted by Gasteiger charge is -2.28. The number of likely N-dealkylation sites (tertiary alicyclic amines) is 1. The Bertz CT molecular complexity index is 500. The number of nitrogen functional groups attached to an aromatic ring is 1. The molecular formula is C15H25N5O. The molecule has 1 saturated heterocycles. The molecule has 6 nitrogen and oxygen atoms in total. The predicted molar refractivity (Wildman–Crippen MR) is 82.1 cm³/mol. The lowest BCUT2D eigenvalue weighted by Crippen LogP contribution is -2.33. The van der Waals surface area contributed by atoms with Crippen LogP contribution in [0.15, 0.2) is 0 Å². The first-order valence-corrected chi connectivity index (χ1v) is 7.95. The molecule has 0 aromatic carbocycles. The van der Waals surface area contributed by atoms with Crippen LogP contribution in [0.2, 0.25) is 0 Å². The summed E-state index contributed by atoms with van der Waals surface area (Å²) in [6.07, 6.45) is 5.78. The number of H-pyrrole nitrogens is 1. The molecule has 3 rings (SSSR count). The van der Waals surface area contributed by atoms with Gasteiger partial charge in [0, 0.05) is 12.5 Å². The minimum Gasteiger partial charge on any atom is -0.395 e. The zero-order valence-corrected chi connectivity index (χ0v) is 12.7. The van der Waals surface area contributed by atoms with E-state index in [0.717, 1.165) is 44.0 Å². The van der Waals surface area contributed by atoms with Gasteiger partial charge in [-0.15, -0.1) is 0 Å². The van der Waals surface area contributed by atoms with Gasteiger partial charge in [-0.3, -0.25) is 9.89 Å². The first kappa shape index (κ1) is 14.4. The molecule has 0 unspecified atom stereocenters. The maximum atomic E-state index is 12.1. The maximum absolute atomic E-state index is 12.1. The van der Waals surface area contributed by atoms with Crippen molar-refractivity contribution in [3.8, 4) is 0 Å². The van der Waals surface area contributed by atoms with Gasteiger partial charge in [-0.2, -0.15) is 5.10 Å². The highest BCUT2D eigenvalue weighted by Crippen LogP contribution is 2.42. The molecule has 1 aromatic rings. The van der Waals surface area contributed by atoms with E-state index in [9.17, 15) is 4.79 Å². The minimum atomic E-state index is -0.149. The predicted octanol–water partition coefficient (Wildman–Crippen LogP) is 1.33. The van der Waals surface area contributed by atoms with E-state index in [1.165, 1.54) is 12.8 Å². The molecule has 4 N–H and O–H groups in total. The van der Waals surface area contributed by atoms with Gasteiger partial charge in [0.1, 0.15) is 0 Å². The number of aromatic amines is 1. The molecule has 1 aliphatic carbocycles. The van der Waals surface area contributed by atoms with Crippen molar-refractivity contribution >= 4 is 11.6 Å². The van der Waals surface area contributed by atoms with Gasteiger partial charge in [0.05, 0.1) is 11.4 Å². The Kier molecular flexibility index (Phi) is 4.14. The Hall–Kier alpha value is -1.56. The number of carbonyl (C=O) groups is 1. The van der Waals surface area contributed by atoms with Crippen LogP contribution in [0.4, 0.5) is 5.69 Å². The molecule has 6 heteroatoms. The summed E-state index contributed by atoms with van der Waals surface area (Å²) in [5.41, 5.74) is 7.85. The SMILES string of the molecule is CN1CCC(CCNC(=O)c2n[nH]c(C3CC3)c2N)CC1. The zero-order chi connectivity index (χ0) is 14.8. The zero-order valence-electron chi connectivity index (χ0n) is 12.7. The number of piperidine rings is 1. The molecule has 1 aliphatic heterocycles. The van der Waals surface area contributed by atoms with Crippen LogP contribution >= 0.6 is 0 Å². The van der Waals surface area contributed by atoms with Crippen molar-refractivity contribution in [3.05, 3.63) is 11.4 Å². The van der Waals surface area contributed by atoms with Gasteiger partial charge in [0.25, 0.3) is 5.91 Å². The average Bonchev–Trinajstić information content (AvgIpc) is 3.24. The van der Waals surface area contributed by atoms with Crippen molar-refractivity contribution in [1.29, 1.82) is 0 Å². The third-order valence-corrected chi connectivity index (χ3v) is 4.71.